The third-order valence-corrected chi connectivity index (χ3v) is 4.64. The Kier molecular flexibility index (Phi) is 8.81. The summed E-state index contributed by atoms with van der Waals surface area (Å²) in [5.74, 6) is 2.47. The molecule has 0 aromatic heterocycles. The number of carbonyl (C=O) groups excluding carboxylic acids is 1. The Balaban J connectivity index is 0.00000338. The van der Waals surface area contributed by atoms with E-state index in [1.165, 1.54) is 28.4 Å². The molecule has 2 aromatic carbocycles. The van der Waals surface area contributed by atoms with Crippen molar-refractivity contribution in [3.63, 3.8) is 0 Å². The number of benzene rings is 2. The first-order valence-corrected chi connectivity index (χ1v) is 8.26. The number of carbonyl (C=O) groups is 1. The third kappa shape index (κ3) is 4.65. The van der Waals surface area contributed by atoms with Crippen molar-refractivity contribution in [3.05, 3.63) is 35.9 Å². The Morgan fingerprint density at radius 3 is 1.62 bits per heavy atom. The fourth-order valence-electron chi connectivity index (χ4n) is 2.32. The number of methoxy groups -OCH3 is 5. The molecule has 0 amide bonds. The molecule has 0 spiro atoms. The van der Waals surface area contributed by atoms with Gasteiger partial charge in [0.1, 0.15) is 17.2 Å². The maximum Gasteiger partial charge on any atom is 1.00 e. The molecule has 0 saturated heterocycles. The minimum Gasteiger partial charge on any atom is -0.499 e. The minimum atomic E-state index is -0.198. The molecule has 0 aliphatic carbocycles. The van der Waals surface area contributed by atoms with Crippen molar-refractivity contribution in [2.75, 3.05) is 35.5 Å². The maximum atomic E-state index is 12.9. The van der Waals surface area contributed by atoms with E-state index in [1.54, 1.807) is 37.4 Å². The van der Waals surface area contributed by atoms with Crippen molar-refractivity contribution in [2.24, 2.45) is 0 Å². The van der Waals surface area contributed by atoms with Crippen LogP contribution in [0.25, 0.3) is 0 Å². The normalized spacial score (nSPS) is 10.2. The molecule has 134 valence electrons. The predicted octanol–water partition coefficient (Wildman–Crippen LogP) is 0.145. The Labute approximate surface area is 167 Å². The first-order valence-electron chi connectivity index (χ1n) is 7.36. The summed E-state index contributed by atoms with van der Waals surface area (Å²) in [7, 11) is 8.00. The van der Waals surface area contributed by atoms with E-state index in [0.29, 0.717) is 48.2 Å². The fraction of sp³-hybridized carbons (Fsp3) is 0.278. The summed E-state index contributed by atoms with van der Waals surface area (Å²) in [6.07, 6.45) is 0. The standard InChI is InChI=1S/C18H20O6P.Li/c1-20-11-9-14(23-4)17(15(10-11)24-5)25-18(19)16-12(21-2)7-6-8-13(16)22-3;/h6-10H,1-5H3;/q-1;+1. The fourth-order valence-corrected chi connectivity index (χ4v) is 3.38. The topological polar surface area (TPSA) is 63.2 Å². The quantitative estimate of drug-likeness (QED) is 0.487. The van der Waals surface area contributed by atoms with E-state index in [4.69, 9.17) is 23.7 Å². The van der Waals surface area contributed by atoms with E-state index < -0.39 is 0 Å². The van der Waals surface area contributed by atoms with Gasteiger partial charge in [0.25, 0.3) is 0 Å². The monoisotopic (exact) mass is 370 g/mol. The van der Waals surface area contributed by atoms with Gasteiger partial charge >= 0.3 is 18.9 Å². The Bertz CT molecular complexity index is 718. The van der Waals surface area contributed by atoms with Gasteiger partial charge in [-0.2, -0.15) is 0 Å². The largest absolute Gasteiger partial charge is 1.00 e. The zero-order valence-corrected chi connectivity index (χ0v) is 16.7. The van der Waals surface area contributed by atoms with Crippen molar-refractivity contribution in [3.8, 4) is 28.7 Å². The van der Waals surface area contributed by atoms with Gasteiger partial charge in [-0.3, -0.25) is 0 Å². The van der Waals surface area contributed by atoms with Gasteiger partial charge in [-0.05, 0) is 12.1 Å². The molecule has 0 atom stereocenters. The number of hydrogen-bond acceptors (Lipinski definition) is 6. The molecule has 0 N–H and O–H groups in total. The summed E-state index contributed by atoms with van der Waals surface area (Å²) in [5, 5.41) is 0.601. The van der Waals surface area contributed by atoms with Crippen molar-refractivity contribution < 1.29 is 47.3 Å². The maximum absolute atomic E-state index is 12.9. The van der Waals surface area contributed by atoms with Crippen LogP contribution in [0.15, 0.2) is 30.3 Å². The first kappa shape index (κ1) is 22.2. The van der Waals surface area contributed by atoms with Gasteiger partial charge in [0.15, 0.2) is 0 Å². The summed E-state index contributed by atoms with van der Waals surface area (Å²) in [5.41, 5.74) is 0.171. The predicted molar refractivity (Wildman–Crippen MR) is 96.5 cm³/mol. The van der Waals surface area contributed by atoms with Crippen LogP contribution in [0, 0.1) is 0 Å². The van der Waals surface area contributed by atoms with E-state index in [9.17, 15) is 4.79 Å². The second-order valence-electron chi connectivity index (χ2n) is 4.84. The molecule has 0 fully saturated rings. The molecule has 0 aliphatic rings. The van der Waals surface area contributed by atoms with Gasteiger partial charge < -0.3 is 37.1 Å². The summed E-state index contributed by atoms with van der Waals surface area (Å²) >= 11 is 0. The molecule has 2 aromatic rings. The molecule has 0 bridgehead atoms. The molecule has 2 rings (SSSR count). The molecule has 6 nitrogen and oxygen atoms in total. The second kappa shape index (κ2) is 10.3. The average molecular weight is 370 g/mol. The Hall–Kier alpha value is -1.86. The summed E-state index contributed by atoms with van der Waals surface area (Å²) in [6.45, 7) is 0. The van der Waals surface area contributed by atoms with E-state index in [0.717, 1.165) is 0 Å². The SMILES string of the molecule is COc1cc(OC)c([P-]C(=O)c2c(OC)cccc2OC)c(OC)c1.[Li+]. The van der Waals surface area contributed by atoms with E-state index >= 15 is 0 Å². The number of hydrogen-bond donors (Lipinski definition) is 0. The van der Waals surface area contributed by atoms with E-state index in [1.807, 2.05) is 0 Å². The summed E-state index contributed by atoms with van der Waals surface area (Å²) in [6, 6.07) is 8.61. The van der Waals surface area contributed by atoms with Crippen molar-refractivity contribution >= 4 is 19.4 Å². The van der Waals surface area contributed by atoms with Crippen molar-refractivity contribution in [1.29, 1.82) is 0 Å². The second-order valence-corrected chi connectivity index (χ2v) is 5.91. The molecular weight excluding hydrogens is 350 g/mol. The Morgan fingerprint density at radius 1 is 0.769 bits per heavy atom. The van der Waals surface area contributed by atoms with Crippen LogP contribution in [0.5, 0.6) is 28.7 Å². The van der Waals surface area contributed by atoms with Crippen molar-refractivity contribution in [1.82, 2.24) is 0 Å². The zero-order chi connectivity index (χ0) is 18.4. The van der Waals surface area contributed by atoms with Crippen LogP contribution in [0.3, 0.4) is 0 Å². The van der Waals surface area contributed by atoms with Gasteiger partial charge in [-0.15, -0.1) is 5.30 Å². The summed E-state index contributed by atoms with van der Waals surface area (Å²) < 4.78 is 26.6. The van der Waals surface area contributed by atoms with Gasteiger partial charge in [-0.1, -0.05) is 6.07 Å². The zero-order valence-electron chi connectivity index (χ0n) is 15.8. The molecule has 0 heterocycles. The average Bonchev–Trinajstić information content (AvgIpc) is 2.66. The smallest absolute Gasteiger partial charge is 0.499 e. The van der Waals surface area contributed by atoms with Crippen LogP contribution in [-0.2, 0) is 0 Å². The third-order valence-electron chi connectivity index (χ3n) is 3.54. The van der Waals surface area contributed by atoms with Crippen molar-refractivity contribution in [2.45, 2.75) is 0 Å². The molecule has 8 heteroatoms. The van der Waals surface area contributed by atoms with E-state index in [-0.39, 0.29) is 24.4 Å². The molecule has 26 heavy (non-hydrogen) atoms. The first-order chi connectivity index (χ1) is 12.1. The minimum absolute atomic E-state index is 0. The van der Waals surface area contributed by atoms with Crippen LogP contribution < -0.4 is 47.8 Å². The summed E-state index contributed by atoms with van der Waals surface area (Å²) in [4.78, 5) is 12.9. The van der Waals surface area contributed by atoms with Crippen LogP contribution in [0.1, 0.15) is 10.4 Å². The van der Waals surface area contributed by atoms with Gasteiger partial charge in [0, 0.05) is 17.7 Å². The van der Waals surface area contributed by atoms with Crippen LogP contribution in [-0.4, -0.2) is 41.1 Å². The van der Waals surface area contributed by atoms with Crippen LogP contribution >= 0.6 is 8.58 Å². The van der Waals surface area contributed by atoms with Crippen LogP contribution in [0.2, 0.25) is 0 Å². The molecule has 0 unspecified atom stereocenters. The molecular formula is C18H20LiO6P. The molecule has 0 aliphatic heterocycles. The number of rotatable bonds is 8. The van der Waals surface area contributed by atoms with Crippen LogP contribution in [0.4, 0.5) is 0 Å². The van der Waals surface area contributed by atoms with Gasteiger partial charge in [-0.25, -0.2) is 0 Å². The van der Waals surface area contributed by atoms with E-state index in [2.05, 4.69) is 0 Å². The Morgan fingerprint density at radius 2 is 1.23 bits per heavy atom. The molecule has 0 saturated carbocycles. The molecule has 0 radical (unpaired) electrons. The number of ether oxygens (including phenoxy) is 5. The van der Waals surface area contributed by atoms with Gasteiger partial charge in [0.2, 0.25) is 0 Å². The van der Waals surface area contributed by atoms with Gasteiger partial charge in [0.05, 0.1) is 52.6 Å².